The van der Waals surface area contributed by atoms with Gasteiger partial charge in [-0.2, -0.15) is 4.98 Å². The Labute approximate surface area is 258 Å². The maximum atomic E-state index is 14.2. The summed E-state index contributed by atoms with van der Waals surface area (Å²) in [7, 11) is 2.82. The first-order valence-electron chi connectivity index (χ1n) is 12.8. The van der Waals surface area contributed by atoms with Gasteiger partial charge in [-0.3, -0.25) is 29.6 Å². The summed E-state index contributed by atoms with van der Waals surface area (Å²) in [5, 5.41) is 26.3. The molecule has 5 aromatic rings. The van der Waals surface area contributed by atoms with Crippen LogP contribution < -0.4 is 20.3 Å². The molecular weight excluding hydrogens is 615 g/mol. The Morgan fingerprint density at radius 1 is 0.955 bits per heavy atom. The summed E-state index contributed by atoms with van der Waals surface area (Å²) in [4.78, 5) is 44.9. The van der Waals surface area contributed by atoms with E-state index in [1.54, 1.807) is 19.1 Å². The van der Waals surface area contributed by atoms with E-state index in [-0.39, 0.29) is 67.9 Å². The summed E-state index contributed by atoms with van der Waals surface area (Å²) in [6.07, 6.45) is 1.45. The molecule has 0 saturated heterocycles. The highest BCUT2D eigenvalue weighted by Crippen LogP contribution is 2.45. The number of hydrogen-bond donors (Lipinski definition) is 1. The zero-order valence-corrected chi connectivity index (χ0v) is 24.8. The zero-order chi connectivity index (χ0) is 31.7. The highest BCUT2D eigenvalue weighted by molar-refractivity contribution is 6.41. The third-order valence-corrected chi connectivity index (χ3v) is 7.59. The first kappa shape index (κ1) is 30.2. The van der Waals surface area contributed by atoms with Crippen molar-refractivity contribution in [2.75, 3.05) is 19.5 Å². The third kappa shape index (κ3) is 5.57. The van der Waals surface area contributed by atoms with E-state index in [9.17, 15) is 25.0 Å². The van der Waals surface area contributed by atoms with Gasteiger partial charge in [-0.15, -0.1) is 0 Å². The highest BCUT2D eigenvalue weighted by atomic mass is 35.5. The molecule has 0 aliphatic rings. The number of nitrogens with zero attached hydrogens (tertiary/aromatic N) is 5. The molecule has 224 valence electrons. The standard InChI is InChI=1S/C29H22Cl2N6O7/c1-15-5-4-6-20(37(41)42)26(15)33-29-32-13-17-11-19(23-24(30)21(43-2)12-22(44-3)25(23)31)28(38)35(27(17)34-29)14-16-7-9-18(10-8-16)36(39)40/h4-13H,14H2,1-3H3,(H,32,33,34). The van der Waals surface area contributed by atoms with Crippen LogP contribution in [-0.4, -0.2) is 38.6 Å². The zero-order valence-electron chi connectivity index (χ0n) is 23.3. The van der Waals surface area contributed by atoms with E-state index >= 15 is 0 Å². The summed E-state index contributed by atoms with van der Waals surface area (Å²) in [6.45, 7) is 1.64. The Hall–Kier alpha value is -5.27. The predicted octanol–water partition coefficient (Wildman–Crippen LogP) is 6.70. The fourth-order valence-electron chi connectivity index (χ4n) is 4.65. The molecule has 0 saturated carbocycles. The van der Waals surface area contributed by atoms with Gasteiger partial charge in [-0.1, -0.05) is 47.5 Å². The molecule has 0 atom stereocenters. The average Bonchev–Trinajstić information content (AvgIpc) is 3.00. The van der Waals surface area contributed by atoms with Crippen molar-refractivity contribution in [1.82, 2.24) is 14.5 Å². The fraction of sp³-hybridized carbons (Fsp3) is 0.138. The molecule has 0 radical (unpaired) electrons. The van der Waals surface area contributed by atoms with Crippen LogP contribution in [0.4, 0.5) is 23.0 Å². The number of hydrogen-bond acceptors (Lipinski definition) is 10. The van der Waals surface area contributed by atoms with Crippen molar-refractivity contribution in [2.24, 2.45) is 0 Å². The number of halogens is 2. The molecule has 15 heteroatoms. The molecule has 2 aromatic heterocycles. The largest absolute Gasteiger partial charge is 0.495 e. The SMILES string of the molecule is COc1cc(OC)c(Cl)c(-c2cc3cnc(Nc4c(C)cccc4[N+](=O)[O-])nc3n(Cc3ccc([N+](=O)[O-])cc3)c2=O)c1Cl. The molecule has 0 unspecified atom stereocenters. The van der Waals surface area contributed by atoms with Crippen molar-refractivity contribution >= 4 is 57.2 Å². The summed E-state index contributed by atoms with van der Waals surface area (Å²) in [5.74, 6) is 0.443. The number of nitro benzene ring substituents is 2. The summed E-state index contributed by atoms with van der Waals surface area (Å²) in [6, 6.07) is 13.3. The average molecular weight is 637 g/mol. The Kier molecular flexibility index (Phi) is 8.34. The van der Waals surface area contributed by atoms with Gasteiger partial charge in [-0.25, -0.2) is 4.98 Å². The molecule has 0 bridgehead atoms. The first-order chi connectivity index (χ1) is 21.0. The topological polar surface area (TPSA) is 165 Å². The van der Waals surface area contributed by atoms with Crippen LogP contribution in [0.15, 0.2) is 65.6 Å². The maximum absolute atomic E-state index is 14.2. The quantitative estimate of drug-likeness (QED) is 0.136. The molecule has 44 heavy (non-hydrogen) atoms. The summed E-state index contributed by atoms with van der Waals surface area (Å²) in [5.41, 5.74) is 0.905. The number of aromatic nitrogens is 3. The van der Waals surface area contributed by atoms with E-state index in [4.69, 9.17) is 32.7 Å². The second-order valence-corrected chi connectivity index (χ2v) is 10.2. The minimum Gasteiger partial charge on any atom is -0.495 e. The highest BCUT2D eigenvalue weighted by Gasteiger charge is 2.24. The van der Waals surface area contributed by atoms with Crippen molar-refractivity contribution in [3.63, 3.8) is 0 Å². The van der Waals surface area contributed by atoms with Gasteiger partial charge in [0.25, 0.3) is 16.9 Å². The minimum atomic E-state index is -0.554. The first-order valence-corrected chi connectivity index (χ1v) is 13.5. The number of pyridine rings is 1. The number of methoxy groups -OCH3 is 2. The van der Waals surface area contributed by atoms with Crippen LogP contribution in [0.25, 0.3) is 22.2 Å². The van der Waals surface area contributed by atoms with Gasteiger partial charge in [0.1, 0.15) is 22.8 Å². The lowest BCUT2D eigenvalue weighted by Gasteiger charge is -2.17. The van der Waals surface area contributed by atoms with Crippen LogP contribution in [-0.2, 0) is 6.54 Å². The lowest BCUT2D eigenvalue weighted by Crippen LogP contribution is -2.24. The molecule has 13 nitrogen and oxygen atoms in total. The van der Waals surface area contributed by atoms with Crippen molar-refractivity contribution in [2.45, 2.75) is 13.5 Å². The van der Waals surface area contributed by atoms with E-state index in [0.717, 1.165) is 0 Å². The predicted molar refractivity (Wildman–Crippen MR) is 166 cm³/mol. The van der Waals surface area contributed by atoms with E-state index in [2.05, 4.69) is 15.3 Å². The number of nitro groups is 2. The Morgan fingerprint density at radius 3 is 2.20 bits per heavy atom. The molecule has 0 spiro atoms. The monoisotopic (exact) mass is 636 g/mol. The van der Waals surface area contributed by atoms with Crippen LogP contribution >= 0.6 is 23.2 Å². The maximum Gasteiger partial charge on any atom is 0.293 e. The van der Waals surface area contributed by atoms with Gasteiger partial charge < -0.3 is 14.8 Å². The van der Waals surface area contributed by atoms with Gasteiger partial charge in [-0.05, 0) is 24.1 Å². The Morgan fingerprint density at radius 2 is 1.61 bits per heavy atom. The van der Waals surface area contributed by atoms with Gasteiger partial charge in [0.15, 0.2) is 0 Å². The molecule has 2 heterocycles. The Bertz CT molecular complexity index is 1990. The number of nitrogens with one attached hydrogen (secondary N) is 1. The number of ether oxygens (including phenoxy) is 2. The molecule has 0 fully saturated rings. The molecule has 5 rings (SSSR count). The molecule has 0 aliphatic carbocycles. The van der Waals surface area contributed by atoms with Gasteiger partial charge >= 0.3 is 0 Å². The van der Waals surface area contributed by atoms with Crippen molar-refractivity contribution < 1.29 is 19.3 Å². The van der Waals surface area contributed by atoms with E-state index in [0.29, 0.717) is 16.5 Å². The summed E-state index contributed by atoms with van der Waals surface area (Å²) >= 11 is 13.3. The lowest BCUT2D eigenvalue weighted by atomic mass is 10.0. The normalized spacial score (nSPS) is 10.9. The Balaban J connectivity index is 1.75. The molecule has 1 N–H and O–H groups in total. The fourth-order valence-corrected chi connectivity index (χ4v) is 5.36. The van der Waals surface area contributed by atoms with Crippen LogP contribution in [0.5, 0.6) is 11.5 Å². The van der Waals surface area contributed by atoms with Crippen LogP contribution in [0, 0.1) is 27.2 Å². The number of benzene rings is 3. The third-order valence-electron chi connectivity index (χ3n) is 6.84. The summed E-state index contributed by atoms with van der Waals surface area (Å²) < 4.78 is 12.1. The van der Waals surface area contributed by atoms with E-state index in [1.807, 2.05) is 0 Å². The number of aryl methyl sites for hydroxylation is 1. The number of rotatable bonds is 9. The lowest BCUT2D eigenvalue weighted by molar-refractivity contribution is -0.384. The van der Waals surface area contributed by atoms with Crippen LogP contribution in [0.2, 0.25) is 10.0 Å². The number of para-hydroxylation sites is 1. The van der Waals surface area contributed by atoms with Gasteiger partial charge in [0, 0.05) is 41.4 Å². The molecule has 3 aromatic carbocycles. The van der Waals surface area contributed by atoms with E-state index in [1.165, 1.54) is 67.4 Å². The number of fused-ring (bicyclic) bond motifs is 1. The van der Waals surface area contributed by atoms with Gasteiger partial charge in [0.05, 0.1) is 46.2 Å². The van der Waals surface area contributed by atoms with Crippen molar-refractivity contribution in [1.29, 1.82) is 0 Å². The van der Waals surface area contributed by atoms with Gasteiger partial charge in [0.2, 0.25) is 5.95 Å². The smallest absolute Gasteiger partial charge is 0.293 e. The second kappa shape index (κ2) is 12.1. The molecule has 0 amide bonds. The van der Waals surface area contributed by atoms with Crippen LogP contribution in [0.3, 0.4) is 0 Å². The molecular formula is C29H22Cl2N6O7. The number of non-ortho nitro benzene ring substituents is 1. The van der Waals surface area contributed by atoms with E-state index < -0.39 is 15.4 Å². The second-order valence-electron chi connectivity index (χ2n) is 9.48. The number of anilines is 2. The van der Waals surface area contributed by atoms with Crippen LogP contribution in [0.1, 0.15) is 11.1 Å². The molecule has 0 aliphatic heterocycles. The van der Waals surface area contributed by atoms with Crippen molar-refractivity contribution in [3.05, 3.63) is 113 Å². The minimum absolute atomic E-state index is 0.00128. The van der Waals surface area contributed by atoms with Crippen molar-refractivity contribution in [3.8, 4) is 22.6 Å².